The van der Waals surface area contributed by atoms with Crippen molar-refractivity contribution < 1.29 is 19.8 Å². The van der Waals surface area contributed by atoms with Gasteiger partial charge in [0.25, 0.3) is 0 Å². The van der Waals surface area contributed by atoms with Crippen LogP contribution in [0.3, 0.4) is 0 Å². The highest BCUT2D eigenvalue weighted by molar-refractivity contribution is 6.00. The molecule has 108 valence electrons. The highest BCUT2D eigenvalue weighted by Crippen LogP contribution is 2.27. The smallest absolute Gasteiger partial charge is 0.216 e. The molecule has 0 saturated carbocycles. The summed E-state index contributed by atoms with van der Waals surface area (Å²) in [6, 6.07) is 5.17. The van der Waals surface area contributed by atoms with E-state index in [0.29, 0.717) is 30.5 Å². The topological polar surface area (TPSA) is 86.6 Å². The molecule has 1 aromatic carbocycles. The predicted octanol–water partition coefficient (Wildman–Crippen LogP) is 0.736. The van der Waals surface area contributed by atoms with Gasteiger partial charge in [0.2, 0.25) is 5.91 Å². The van der Waals surface area contributed by atoms with Crippen molar-refractivity contribution >= 4 is 11.7 Å². The van der Waals surface area contributed by atoms with Crippen LogP contribution >= 0.6 is 0 Å². The zero-order valence-electron chi connectivity index (χ0n) is 11.4. The van der Waals surface area contributed by atoms with Gasteiger partial charge in [-0.3, -0.25) is 9.59 Å². The summed E-state index contributed by atoms with van der Waals surface area (Å²) in [5.74, 6) is -0.0324. The number of benzene rings is 1. The number of fused-ring (bicyclic) bond motifs is 1. The molecule has 1 amide bonds. The van der Waals surface area contributed by atoms with Gasteiger partial charge in [0.05, 0.1) is 6.10 Å². The Labute approximate surface area is 117 Å². The average Bonchev–Trinajstić information content (AvgIpc) is 2.78. The Hall–Kier alpha value is -1.72. The number of aliphatic hydroxyl groups excluding tert-OH is 2. The summed E-state index contributed by atoms with van der Waals surface area (Å²) in [7, 11) is 0. The van der Waals surface area contributed by atoms with Crippen LogP contribution in [-0.2, 0) is 11.2 Å². The molecule has 0 fully saturated rings. The molecule has 3 N–H and O–H groups in total. The van der Waals surface area contributed by atoms with Gasteiger partial charge >= 0.3 is 0 Å². The molecular formula is C15H19NO4. The number of carbonyl (C=O) groups excluding carboxylic acids is 2. The SMILES string of the molecule is CC(=O)NCCC(O)C(O)c1ccc2c(c1)CCC2=O. The van der Waals surface area contributed by atoms with Crippen LogP contribution in [0, 0.1) is 0 Å². The van der Waals surface area contributed by atoms with Gasteiger partial charge in [0, 0.05) is 25.5 Å². The number of carbonyl (C=O) groups is 2. The van der Waals surface area contributed by atoms with Crippen molar-refractivity contribution in [2.75, 3.05) is 6.54 Å². The van der Waals surface area contributed by atoms with Gasteiger partial charge in [-0.05, 0) is 24.0 Å². The van der Waals surface area contributed by atoms with Crippen molar-refractivity contribution in [3.63, 3.8) is 0 Å². The second-order valence-corrected chi connectivity index (χ2v) is 5.12. The van der Waals surface area contributed by atoms with Crippen molar-refractivity contribution in [2.24, 2.45) is 0 Å². The third kappa shape index (κ3) is 3.23. The zero-order chi connectivity index (χ0) is 14.7. The van der Waals surface area contributed by atoms with E-state index in [9.17, 15) is 19.8 Å². The lowest BCUT2D eigenvalue weighted by atomic mass is 9.98. The van der Waals surface area contributed by atoms with Crippen molar-refractivity contribution in [3.05, 3.63) is 34.9 Å². The molecule has 2 atom stereocenters. The van der Waals surface area contributed by atoms with E-state index in [0.717, 1.165) is 5.56 Å². The van der Waals surface area contributed by atoms with Crippen LogP contribution in [0.1, 0.15) is 47.4 Å². The minimum Gasteiger partial charge on any atom is -0.390 e. The maximum absolute atomic E-state index is 11.5. The van der Waals surface area contributed by atoms with Gasteiger partial charge in [-0.15, -0.1) is 0 Å². The molecule has 0 radical (unpaired) electrons. The van der Waals surface area contributed by atoms with Gasteiger partial charge in [-0.2, -0.15) is 0 Å². The Balaban J connectivity index is 2.00. The fraction of sp³-hybridized carbons (Fsp3) is 0.467. The van der Waals surface area contributed by atoms with Crippen molar-refractivity contribution in [1.82, 2.24) is 5.32 Å². The fourth-order valence-electron chi connectivity index (χ4n) is 2.44. The summed E-state index contributed by atoms with van der Waals surface area (Å²) >= 11 is 0. The maximum atomic E-state index is 11.5. The Morgan fingerprint density at radius 3 is 2.80 bits per heavy atom. The molecule has 2 rings (SSSR count). The molecule has 0 aliphatic heterocycles. The van der Waals surface area contributed by atoms with Gasteiger partial charge in [-0.1, -0.05) is 18.2 Å². The summed E-state index contributed by atoms with van der Waals surface area (Å²) in [5, 5.41) is 22.6. The third-order valence-corrected chi connectivity index (χ3v) is 3.57. The first kappa shape index (κ1) is 14.7. The summed E-state index contributed by atoms with van der Waals surface area (Å²) < 4.78 is 0. The number of aryl methyl sites for hydroxylation is 1. The second-order valence-electron chi connectivity index (χ2n) is 5.12. The third-order valence-electron chi connectivity index (χ3n) is 3.57. The van der Waals surface area contributed by atoms with E-state index in [-0.39, 0.29) is 18.1 Å². The van der Waals surface area contributed by atoms with Gasteiger partial charge < -0.3 is 15.5 Å². The number of nitrogens with one attached hydrogen (secondary N) is 1. The number of hydrogen-bond acceptors (Lipinski definition) is 4. The standard InChI is InChI=1S/C15H19NO4/c1-9(17)16-7-6-14(19)15(20)11-2-4-12-10(8-11)3-5-13(12)18/h2,4,8,14-15,19-20H,3,5-7H2,1H3,(H,16,17). The molecule has 1 aliphatic rings. The van der Waals surface area contributed by atoms with Gasteiger partial charge in [0.1, 0.15) is 6.10 Å². The van der Waals surface area contributed by atoms with E-state index in [4.69, 9.17) is 0 Å². The monoisotopic (exact) mass is 277 g/mol. The summed E-state index contributed by atoms with van der Waals surface area (Å²) in [6.07, 6.45) is -0.477. The van der Waals surface area contributed by atoms with E-state index in [2.05, 4.69) is 5.32 Å². The fourth-order valence-corrected chi connectivity index (χ4v) is 2.44. The van der Waals surface area contributed by atoms with Crippen LogP contribution in [-0.4, -0.2) is 34.6 Å². The zero-order valence-corrected chi connectivity index (χ0v) is 11.4. The van der Waals surface area contributed by atoms with Crippen LogP contribution in [0.4, 0.5) is 0 Å². The van der Waals surface area contributed by atoms with Crippen molar-refractivity contribution in [2.45, 2.75) is 38.4 Å². The second kappa shape index (κ2) is 6.15. The molecule has 2 unspecified atom stereocenters. The number of hydrogen-bond donors (Lipinski definition) is 3. The van der Waals surface area contributed by atoms with Crippen LogP contribution in [0.5, 0.6) is 0 Å². The Bertz CT molecular complexity index is 527. The van der Waals surface area contributed by atoms with E-state index < -0.39 is 12.2 Å². The van der Waals surface area contributed by atoms with E-state index in [1.807, 2.05) is 0 Å². The molecule has 5 nitrogen and oxygen atoms in total. The van der Waals surface area contributed by atoms with E-state index >= 15 is 0 Å². The van der Waals surface area contributed by atoms with Crippen LogP contribution in [0.25, 0.3) is 0 Å². The Morgan fingerprint density at radius 2 is 2.10 bits per heavy atom. The first-order valence-electron chi connectivity index (χ1n) is 6.75. The molecule has 1 aliphatic carbocycles. The lowest BCUT2D eigenvalue weighted by Crippen LogP contribution is -2.27. The first-order chi connectivity index (χ1) is 9.49. The van der Waals surface area contributed by atoms with Crippen LogP contribution in [0.2, 0.25) is 0 Å². The first-order valence-corrected chi connectivity index (χ1v) is 6.75. The minimum atomic E-state index is -1.01. The molecule has 1 aromatic rings. The molecule has 0 aromatic heterocycles. The van der Waals surface area contributed by atoms with E-state index in [1.165, 1.54) is 6.92 Å². The average molecular weight is 277 g/mol. The lowest BCUT2D eigenvalue weighted by Gasteiger charge is -2.19. The molecule has 0 spiro atoms. The van der Waals surface area contributed by atoms with Crippen LogP contribution < -0.4 is 5.32 Å². The number of Topliss-reactive ketones (excluding diaryl/α,β-unsaturated/α-hetero) is 1. The van der Waals surface area contributed by atoms with Crippen molar-refractivity contribution in [3.8, 4) is 0 Å². The molecule has 20 heavy (non-hydrogen) atoms. The molecule has 0 bridgehead atoms. The Kier molecular flexibility index (Phi) is 4.52. The minimum absolute atomic E-state index is 0.132. The molecule has 0 saturated heterocycles. The largest absolute Gasteiger partial charge is 0.390 e. The molecular weight excluding hydrogens is 258 g/mol. The summed E-state index contributed by atoms with van der Waals surface area (Å²) in [6.45, 7) is 1.72. The van der Waals surface area contributed by atoms with Crippen molar-refractivity contribution in [1.29, 1.82) is 0 Å². The van der Waals surface area contributed by atoms with Crippen LogP contribution in [0.15, 0.2) is 18.2 Å². The van der Waals surface area contributed by atoms with Gasteiger partial charge in [0.15, 0.2) is 5.78 Å². The molecule has 5 heteroatoms. The number of aliphatic hydroxyl groups is 2. The Morgan fingerprint density at radius 1 is 1.35 bits per heavy atom. The quantitative estimate of drug-likeness (QED) is 0.740. The number of rotatable bonds is 5. The highest BCUT2D eigenvalue weighted by atomic mass is 16.3. The predicted molar refractivity (Wildman–Crippen MR) is 73.4 cm³/mol. The van der Waals surface area contributed by atoms with Gasteiger partial charge in [-0.25, -0.2) is 0 Å². The normalized spacial score (nSPS) is 16.6. The lowest BCUT2D eigenvalue weighted by molar-refractivity contribution is -0.119. The molecule has 0 heterocycles. The number of amides is 1. The summed E-state index contributed by atoms with van der Waals surface area (Å²) in [4.78, 5) is 22.3. The summed E-state index contributed by atoms with van der Waals surface area (Å²) in [5.41, 5.74) is 2.25. The highest BCUT2D eigenvalue weighted by Gasteiger charge is 2.23. The maximum Gasteiger partial charge on any atom is 0.216 e. The van der Waals surface area contributed by atoms with E-state index in [1.54, 1.807) is 18.2 Å². The number of ketones is 1.